The number of ketones is 1. The van der Waals surface area contributed by atoms with Gasteiger partial charge in [-0.1, -0.05) is 18.2 Å². The number of alkyl halides is 3. The number of hydrogen-bond donors (Lipinski definition) is 3. The van der Waals surface area contributed by atoms with E-state index < -0.39 is 34.8 Å². The number of ether oxygens (including phenoxy) is 1. The van der Waals surface area contributed by atoms with E-state index in [1.165, 1.54) is 25.3 Å². The van der Waals surface area contributed by atoms with Gasteiger partial charge in [0.2, 0.25) is 5.72 Å². The van der Waals surface area contributed by atoms with Crippen LogP contribution in [0, 0.1) is 5.92 Å². The fourth-order valence-electron chi connectivity index (χ4n) is 3.00. The van der Waals surface area contributed by atoms with Crippen molar-refractivity contribution < 1.29 is 27.8 Å². The second-order valence-electron chi connectivity index (χ2n) is 5.93. The van der Waals surface area contributed by atoms with Gasteiger partial charge in [-0.05, 0) is 41.4 Å². The number of benzene rings is 1. The van der Waals surface area contributed by atoms with Gasteiger partial charge in [-0.3, -0.25) is 4.79 Å². The van der Waals surface area contributed by atoms with E-state index in [0.717, 1.165) is 11.3 Å². The van der Waals surface area contributed by atoms with E-state index in [2.05, 4.69) is 5.32 Å². The molecule has 0 saturated carbocycles. The van der Waals surface area contributed by atoms with Crippen molar-refractivity contribution in [3.05, 3.63) is 52.2 Å². The lowest BCUT2D eigenvalue weighted by Crippen LogP contribution is -2.72. The lowest BCUT2D eigenvalue weighted by molar-refractivity contribution is -0.285. The molecule has 0 bridgehead atoms. The molecule has 3 atom stereocenters. The van der Waals surface area contributed by atoms with E-state index in [9.17, 15) is 23.1 Å². The SMILES string of the molecule is COc1ccc([C@H]2NC(=S)N[C@@](O)(C(F)(F)F)[C@@H]2C(=O)c2cccs2)cc1. The van der Waals surface area contributed by atoms with Gasteiger partial charge in [-0.25, -0.2) is 0 Å². The summed E-state index contributed by atoms with van der Waals surface area (Å²) >= 11 is 5.88. The third kappa shape index (κ3) is 3.52. The fraction of sp³-hybridized carbons (Fsp3) is 0.294. The van der Waals surface area contributed by atoms with E-state index in [1.807, 2.05) is 5.32 Å². The van der Waals surface area contributed by atoms with Crippen molar-refractivity contribution in [3.63, 3.8) is 0 Å². The number of halogens is 3. The highest BCUT2D eigenvalue weighted by Gasteiger charge is 2.65. The molecule has 144 valence electrons. The van der Waals surface area contributed by atoms with Gasteiger partial charge in [-0.2, -0.15) is 13.2 Å². The molecule has 5 nitrogen and oxygen atoms in total. The summed E-state index contributed by atoms with van der Waals surface area (Å²) < 4.78 is 46.4. The van der Waals surface area contributed by atoms with Crippen LogP contribution in [0.1, 0.15) is 21.3 Å². The van der Waals surface area contributed by atoms with Gasteiger partial charge in [0.05, 0.1) is 18.0 Å². The largest absolute Gasteiger partial charge is 0.497 e. The topological polar surface area (TPSA) is 70.6 Å². The number of methoxy groups -OCH3 is 1. The molecule has 2 heterocycles. The predicted octanol–water partition coefficient (Wildman–Crippen LogP) is 3.03. The molecule has 1 saturated heterocycles. The molecular weight excluding hydrogens is 401 g/mol. The van der Waals surface area contributed by atoms with Gasteiger partial charge in [-0.15, -0.1) is 11.3 Å². The van der Waals surface area contributed by atoms with Crippen LogP contribution in [0.3, 0.4) is 0 Å². The second kappa shape index (κ2) is 7.10. The van der Waals surface area contributed by atoms with Crippen LogP contribution in [0.25, 0.3) is 0 Å². The van der Waals surface area contributed by atoms with Crippen LogP contribution in [0.5, 0.6) is 5.75 Å². The molecule has 1 aromatic carbocycles. The van der Waals surface area contributed by atoms with Crippen molar-refractivity contribution in [1.29, 1.82) is 0 Å². The molecule has 3 rings (SSSR count). The van der Waals surface area contributed by atoms with E-state index in [-0.39, 0.29) is 4.88 Å². The number of carbonyl (C=O) groups is 1. The molecule has 1 aliphatic heterocycles. The van der Waals surface area contributed by atoms with Crippen LogP contribution < -0.4 is 15.4 Å². The van der Waals surface area contributed by atoms with Crippen LogP contribution in [0.4, 0.5) is 13.2 Å². The number of nitrogens with one attached hydrogen (secondary N) is 2. The molecule has 10 heteroatoms. The molecule has 0 amide bonds. The average Bonchev–Trinajstić information content (AvgIpc) is 3.14. The van der Waals surface area contributed by atoms with Gasteiger partial charge in [0, 0.05) is 0 Å². The maximum Gasteiger partial charge on any atom is 0.437 e. The summed E-state index contributed by atoms with van der Waals surface area (Å²) in [7, 11) is 1.46. The molecule has 0 radical (unpaired) electrons. The van der Waals surface area contributed by atoms with Crippen LogP contribution in [0.2, 0.25) is 0 Å². The van der Waals surface area contributed by atoms with Gasteiger partial charge >= 0.3 is 6.18 Å². The summed E-state index contributed by atoms with van der Waals surface area (Å²) in [5.74, 6) is -2.23. The zero-order chi connectivity index (χ0) is 19.8. The first-order chi connectivity index (χ1) is 12.7. The van der Waals surface area contributed by atoms with Crippen LogP contribution in [-0.4, -0.2) is 35.0 Å². The first-order valence-electron chi connectivity index (χ1n) is 7.77. The maximum absolute atomic E-state index is 13.8. The molecule has 1 fully saturated rings. The molecule has 1 aromatic heterocycles. The number of thiocarbonyl (C=S) groups is 1. The second-order valence-corrected chi connectivity index (χ2v) is 7.29. The molecule has 0 spiro atoms. The van der Waals surface area contributed by atoms with Gasteiger partial charge in [0.1, 0.15) is 11.7 Å². The Labute approximate surface area is 162 Å². The van der Waals surface area contributed by atoms with Crippen molar-refractivity contribution >= 4 is 34.5 Å². The lowest BCUT2D eigenvalue weighted by atomic mass is 9.79. The molecule has 2 aromatic rings. The summed E-state index contributed by atoms with van der Waals surface area (Å²) in [6, 6.07) is 7.95. The monoisotopic (exact) mass is 416 g/mol. The summed E-state index contributed by atoms with van der Waals surface area (Å²) in [6.45, 7) is 0. The van der Waals surface area contributed by atoms with Crippen molar-refractivity contribution in [1.82, 2.24) is 10.6 Å². The number of carbonyl (C=O) groups excluding carboxylic acids is 1. The van der Waals surface area contributed by atoms with E-state index in [4.69, 9.17) is 17.0 Å². The smallest absolute Gasteiger partial charge is 0.437 e. The molecule has 0 aliphatic carbocycles. The standard InChI is InChI=1S/C17H15F3N2O3S2/c1-25-10-6-4-9(5-7-10)13-12(14(23)11-3-2-8-27-11)16(24,17(18,19)20)22-15(26)21-13/h2-8,12-13,24H,1H3,(H2,21,22,26)/t12-,13+,16-/m0/s1. The average molecular weight is 416 g/mol. The molecule has 0 unspecified atom stereocenters. The Morgan fingerprint density at radius 3 is 2.48 bits per heavy atom. The number of aliphatic hydroxyl groups is 1. The van der Waals surface area contributed by atoms with Crippen LogP contribution in [-0.2, 0) is 0 Å². The Morgan fingerprint density at radius 1 is 1.30 bits per heavy atom. The molecule has 3 N–H and O–H groups in total. The Hall–Kier alpha value is -2.17. The highest BCUT2D eigenvalue weighted by atomic mass is 32.1. The number of rotatable bonds is 4. The summed E-state index contributed by atoms with van der Waals surface area (Å²) in [5.41, 5.74) is -3.15. The molecule has 1 aliphatic rings. The van der Waals surface area contributed by atoms with Crippen molar-refractivity contribution in [3.8, 4) is 5.75 Å². The molecule has 27 heavy (non-hydrogen) atoms. The van der Waals surface area contributed by atoms with Crippen LogP contribution in [0.15, 0.2) is 41.8 Å². The Kier molecular flexibility index (Phi) is 5.15. The summed E-state index contributed by atoms with van der Waals surface area (Å²) in [6.07, 6.45) is -5.14. The minimum atomic E-state index is -5.14. The minimum Gasteiger partial charge on any atom is -0.497 e. The van der Waals surface area contributed by atoms with Crippen molar-refractivity contribution in [2.75, 3.05) is 7.11 Å². The zero-order valence-corrected chi connectivity index (χ0v) is 15.5. The normalized spacial score (nSPS) is 25.4. The Morgan fingerprint density at radius 2 is 1.96 bits per heavy atom. The highest BCUT2D eigenvalue weighted by Crippen LogP contribution is 2.44. The van der Waals surface area contributed by atoms with Gasteiger partial charge in [0.15, 0.2) is 10.9 Å². The maximum atomic E-state index is 13.8. The number of Topliss-reactive ketones (excluding diaryl/α,β-unsaturated/α-hetero) is 1. The van der Waals surface area contributed by atoms with E-state index in [1.54, 1.807) is 23.6 Å². The van der Waals surface area contributed by atoms with E-state index >= 15 is 0 Å². The summed E-state index contributed by atoms with van der Waals surface area (Å²) in [5, 5.41) is 16.3. The van der Waals surface area contributed by atoms with Crippen molar-refractivity contribution in [2.24, 2.45) is 5.92 Å². The first-order valence-corrected chi connectivity index (χ1v) is 9.05. The van der Waals surface area contributed by atoms with E-state index in [0.29, 0.717) is 11.3 Å². The third-order valence-corrected chi connectivity index (χ3v) is 5.43. The minimum absolute atomic E-state index is 0.109. The first kappa shape index (κ1) is 19.6. The quantitative estimate of drug-likeness (QED) is 0.526. The predicted molar refractivity (Wildman–Crippen MR) is 97.7 cm³/mol. The van der Waals surface area contributed by atoms with Gasteiger partial charge in [0.25, 0.3) is 0 Å². The zero-order valence-electron chi connectivity index (χ0n) is 13.9. The highest BCUT2D eigenvalue weighted by molar-refractivity contribution is 7.80. The fourth-order valence-corrected chi connectivity index (χ4v) is 3.99. The van der Waals surface area contributed by atoms with Gasteiger partial charge < -0.3 is 20.5 Å². The van der Waals surface area contributed by atoms with Crippen molar-refractivity contribution in [2.45, 2.75) is 17.9 Å². The number of hydrogen-bond acceptors (Lipinski definition) is 5. The summed E-state index contributed by atoms with van der Waals surface area (Å²) in [4.78, 5) is 13.0. The van der Waals surface area contributed by atoms with Crippen LogP contribution >= 0.6 is 23.6 Å². The third-order valence-electron chi connectivity index (χ3n) is 4.33. The Bertz CT molecular complexity index is 840. The molecular formula is C17H15F3N2O3S2. The Balaban J connectivity index is 2.12. The lowest BCUT2D eigenvalue weighted by Gasteiger charge is -2.46. The number of thiophene rings is 1.